The Morgan fingerprint density at radius 2 is 1.23 bits per heavy atom. The van der Waals surface area contributed by atoms with E-state index in [9.17, 15) is 19.8 Å². The van der Waals surface area contributed by atoms with E-state index < -0.39 is 17.9 Å². The van der Waals surface area contributed by atoms with Crippen LogP contribution in [-0.4, -0.2) is 32.1 Å². The van der Waals surface area contributed by atoms with Crippen LogP contribution in [-0.2, 0) is 0 Å². The molecule has 0 fully saturated rings. The van der Waals surface area contributed by atoms with Crippen molar-refractivity contribution >= 4 is 45.1 Å². The summed E-state index contributed by atoms with van der Waals surface area (Å²) in [6, 6.07) is 18.6. The molecule has 0 bridgehead atoms. The highest BCUT2D eigenvalue weighted by molar-refractivity contribution is 7.10. The number of para-hydroxylation sites is 2. The largest absolute Gasteiger partial charge is 0.477 e. The summed E-state index contributed by atoms with van der Waals surface area (Å²) in [6.45, 7) is 0. The minimum atomic E-state index is -1.08. The predicted octanol–water partition coefficient (Wildman–Crippen LogP) is 5.29. The van der Waals surface area contributed by atoms with Crippen molar-refractivity contribution in [3.8, 4) is 0 Å². The minimum Gasteiger partial charge on any atom is -0.477 e. The smallest absolute Gasteiger partial charge is 0.352 e. The fourth-order valence-electron chi connectivity index (χ4n) is 4.15. The zero-order valence-electron chi connectivity index (χ0n) is 15.5. The Labute approximate surface area is 174 Å². The number of carbonyl (C=O) groups is 2. The molecule has 5 aromatic rings. The van der Waals surface area contributed by atoms with E-state index in [0.29, 0.717) is 22.2 Å². The van der Waals surface area contributed by atoms with E-state index >= 15 is 0 Å². The molecule has 148 valence electrons. The van der Waals surface area contributed by atoms with Gasteiger partial charge in [-0.1, -0.05) is 42.5 Å². The fraction of sp³-hybridized carbons (Fsp3) is 0.0435. The molecule has 3 heterocycles. The van der Waals surface area contributed by atoms with Crippen molar-refractivity contribution in [1.29, 1.82) is 0 Å². The fourth-order valence-corrected chi connectivity index (χ4v) is 4.99. The predicted molar refractivity (Wildman–Crippen MR) is 116 cm³/mol. The minimum absolute atomic E-state index is 0.0659. The lowest BCUT2D eigenvalue weighted by Gasteiger charge is -2.18. The van der Waals surface area contributed by atoms with E-state index in [0.717, 1.165) is 15.6 Å². The lowest BCUT2D eigenvalue weighted by Crippen LogP contribution is -2.12. The van der Waals surface area contributed by atoms with Crippen LogP contribution in [0.5, 0.6) is 0 Å². The summed E-state index contributed by atoms with van der Waals surface area (Å²) in [7, 11) is 0. The van der Waals surface area contributed by atoms with Gasteiger partial charge in [-0.2, -0.15) is 0 Å². The summed E-state index contributed by atoms with van der Waals surface area (Å²) in [4.78, 5) is 31.2. The number of fused-ring (bicyclic) bond motifs is 2. The molecule has 3 aromatic heterocycles. The van der Waals surface area contributed by atoms with Crippen LogP contribution in [0, 0.1) is 0 Å². The maximum absolute atomic E-state index is 12.2. The Morgan fingerprint density at radius 3 is 1.67 bits per heavy atom. The Morgan fingerprint density at radius 1 is 0.733 bits per heavy atom. The van der Waals surface area contributed by atoms with Crippen LogP contribution in [0.3, 0.4) is 0 Å². The molecule has 0 spiro atoms. The quantitative estimate of drug-likeness (QED) is 0.312. The highest BCUT2D eigenvalue weighted by atomic mass is 32.1. The van der Waals surface area contributed by atoms with Gasteiger partial charge in [-0.25, -0.2) is 9.59 Å². The van der Waals surface area contributed by atoms with Crippen LogP contribution >= 0.6 is 11.3 Å². The maximum Gasteiger partial charge on any atom is 0.352 e. The summed E-state index contributed by atoms with van der Waals surface area (Å²) >= 11 is 1.47. The van der Waals surface area contributed by atoms with E-state index in [1.807, 2.05) is 66.0 Å². The van der Waals surface area contributed by atoms with Gasteiger partial charge < -0.3 is 20.2 Å². The number of H-pyrrole nitrogens is 2. The van der Waals surface area contributed by atoms with Gasteiger partial charge in [-0.3, -0.25) is 0 Å². The number of aromatic amines is 2. The molecule has 0 radical (unpaired) electrons. The zero-order chi connectivity index (χ0) is 20.8. The Kier molecular flexibility index (Phi) is 4.18. The number of nitrogens with one attached hydrogen (secondary N) is 2. The molecule has 0 aliphatic carbocycles. The first kappa shape index (κ1) is 18.2. The molecule has 7 heteroatoms. The number of thiophene rings is 1. The highest BCUT2D eigenvalue weighted by Crippen LogP contribution is 2.44. The number of aromatic carboxylic acids is 2. The van der Waals surface area contributed by atoms with Crippen molar-refractivity contribution in [1.82, 2.24) is 9.97 Å². The monoisotopic (exact) mass is 416 g/mol. The third kappa shape index (κ3) is 2.71. The SMILES string of the molecule is O=C(O)c1[nH]c2ccccc2c1C(c1cccs1)c1c(C(=O)O)[nH]c2ccccc12. The van der Waals surface area contributed by atoms with Gasteiger partial charge in [0, 0.05) is 43.7 Å². The summed E-state index contributed by atoms with van der Waals surface area (Å²) in [6.07, 6.45) is 0. The van der Waals surface area contributed by atoms with Crippen LogP contribution < -0.4 is 0 Å². The first-order valence-corrected chi connectivity index (χ1v) is 10.2. The second-order valence-corrected chi connectivity index (χ2v) is 7.96. The second-order valence-electron chi connectivity index (χ2n) is 6.98. The first-order valence-electron chi connectivity index (χ1n) is 9.27. The summed E-state index contributed by atoms with van der Waals surface area (Å²) < 4.78 is 0. The number of carboxylic acid groups (broad SMARTS) is 2. The molecular formula is C23H16N2O4S. The number of carboxylic acids is 2. The Bertz CT molecular complexity index is 1320. The Balaban J connectivity index is 1.93. The molecule has 0 aliphatic heterocycles. The summed E-state index contributed by atoms with van der Waals surface area (Å²) in [5, 5.41) is 23.3. The van der Waals surface area contributed by atoms with Gasteiger partial charge in [-0.15, -0.1) is 11.3 Å². The lowest BCUT2D eigenvalue weighted by atomic mass is 9.85. The number of hydrogen-bond acceptors (Lipinski definition) is 3. The molecule has 0 saturated heterocycles. The van der Waals surface area contributed by atoms with Gasteiger partial charge in [0.2, 0.25) is 0 Å². The topological polar surface area (TPSA) is 106 Å². The van der Waals surface area contributed by atoms with Gasteiger partial charge in [-0.05, 0) is 23.6 Å². The van der Waals surface area contributed by atoms with Crippen LogP contribution in [0.1, 0.15) is 42.9 Å². The third-order valence-corrected chi connectivity index (χ3v) is 6.26. The van der Waals surface area contributed by atoms with Crippen molar-refractivity contribution in [2.75, 3.05) is 0 Å². The number of hydrogen-bond donors (Lipinski definition) is 4. The van der Waals surface area contributed by atoms with Crippen LogP contribution in [0.25, 0.3) is 21.8 Å². The van der Waals surface area contributed by atoms with Crippen LogP contribution in [0.15, 0.2) is 66.0 Å². The number of aromatic nitrogens is 2. The van der Waals surface area contributed by atoms with Crippen molar-refractivity contribution in [2.24, 2.45) is 0 Å². The standard InChI is InChI=1S/C23H16N2O4S/c26-22(27)20-17(12-6-1-3-8-14(12)24-20)19(16-10-5-11-30-16)18-13-7-2-4-9-15(13)25-21(18)23(28)29/h1-11,19,24-25H,(H,26,27)(H,28,29). The number of benzene rings is 2. The van der Waals surface area contributed by atoms with E-state index in [4.69, 9.17) is 0 Å². The molecule has 4 N–H and O–H groups in total. The normalized spacial score (nSPS) is 11.5. The van der Waals surface area contributed by atoms with E-state index in [-0.39, 0.29) is 11.4 Å². The lowest BCUT2D eigenvalue weighted by molar-refractivity contribution is 0.0681. The average Bonchev–Trinajstić information content (AvgIpc) is 3.47. The molecular weight excluding hydrogens is 400 g/mol. The molecule has 30 heavy (non-hydrogen) atoms. The average molecular weight is 416 g/mol. The van der Waals surface area contributed by atoms with Crippen LogP contribution in [0.4, 0.5) is 0 Å². The highest BCUT2D eigenvalue weighted by Gasteiger charge is 2.33. The van der Waals surface area contributed by atoms with E-state index in [1.165, 1.54) is 11.3 Å². The second kappa shape index (κ2) is 6.89. The molecule has 0 saturated carbocycles. The van der Waals surface area contributed by atoms with Crippen molar-refractivity contribution < 1.29 is 19.8 Å². The molecule has 5 rings (SSSR count). The molecule has 0 aliphatic rings. The maximum atomic E-state index is 12.2. The van der Waals surface area contributed by atoms with Gasteiger partial charge >= 0.3 is 11.9 Å². The molecule has 0 amide bonds. The van der Waals surface area contributed by atoms with Gasteiger partial charge in [0.25, 0.3) is 0 Å². The number of rotatable bonds is 5. The Hall–Kier alpha value is -3.84. The summed E-state index contributed by atoms with van der Waals surface area (Å²) in [5.74, 6) is -2.73. The molecule has 0 atom stereocenters. The van der Waals surface area contributed by atoms with Crippen molar-refractivity contribution in [2.45, 2.75) is 5.92 Å². The first-order chi connectivity index (χ1) is 14.6. The zero-order valence-corrected chi connectivity index (χ0v) is 16.4. The van der Waals surface area contributed by atoms with Gasteiger partial charge in [0.15, 0.2) is 0 Å². The molecule has 6 nitrogen and oxygen atoms in total. The van der Waals surface area contributed by atoms with Crippen molar-refractivity contribution in [3.63, 3.8) is 0 Å². The van der Waals surface area contributed by atoms with Crippen molar-refractivity contribution in [3.05, 3.63) is 93.4 Å². The van der Waals surface area contributed by atoms with E-state index in [2.05, 4.69) is 9.97 Å². The van der Waals surface area contributed by atoms with E-state index in [1.54, 1.807) is 0 Å². The molecule has 0 unspecified atom stereocenters. The van der Waals surface area contributed by atoms with Crippen LogP contribution in [0.2, 0.25) is 0 Å². The summed E-state index contributed by atoms with van der Waals surface area (Å²) in [5.41, 5.74) is 2.65. The molecule has 2 aromatic carbocycles. The van der Waals surface area contributed by atoms with Gasteiger partial charge in [0.1, 0.15) is 11.4 Å². The van der Waals surface area contributed by atoms with Gasteiger partial charge in [0.05, 0.1) is 0 Å². The third-order valence-electron chi connectivity index (χ3n) is 5.33.